The number of aromatic nitrogens is 1. The van der Waals surface area contributed by atoms with Crippen molar-refractivity contribution in [2.75, 3.05) is 13.1 Å². The molecule has 1 heterocycles. The molecular formula is C13H18N2O3. The molecule has 0 atom stereocenters. The number of aryl methyl sites for hydroxylation is 1. The summed E-state index contributed by atoms with van der Waals surface area (Å²) in [7, 11) is 0. The lowest BCUT2D eigenvalue weighted by atomic mass is 10.2. The second-order valence-electron chi connectivity index (χ2n) is 4.19. The molecule has 0 fully saturated rings. The van der Waals surface area contributed by atoms with Crippen LogP contribution in [0.4, 0.5) is 0 Å². The predicted molar refractivity (Wildman–Crippen MR) is 67.2 cm³/mol. The SMILES string of the molecule is CCCN(CC(=O)O)C(=O)Cc1ccc(C)nc1. The monoisotopic (exact) mass is 250 g/mol. The summed E-state index contributed by atoms with van der Waals surface area (Å²) >= 11 is 0. The Morgan fingerprint density at radius 3 is 2.61 bits per heavy atom. The Kier molecular flexibility index (Phi) is 5.30. The van der Waals surface area contributed by atoms with Gasteiger partial charge in [0.15, 0.2) is 0 Å². The Morgan fingerprint density at radius 2 is 2.11 bits per heavy atom. The number of carbonyl (C=O) groups excluding carboxylic acids is 1. The third-order valence-corrected chi connectivity index (χ3v) is 2.50. The van der Waals surface area contributed by atoms with Crippen molar-refractivity contribution in [3.63, 3.8) is 0 Å². The van der Waals surface area contributed by atoms with Crippen LogP contribution in [0.15, 0.2) is 18.3 Å². The molecule has 1 N–H and O–H groups in total. The van der Waals surface area contributed by atoms with Crippen molar-refractivity contribution in [3.8, 4) is 0 Å². The van der Waals surface area contributed by atoms with E-state index in [9.17, 15) is 9.59 Å². The number of carbonyl (C=O) groups is 2. The van der Waals surface area contributed by atoms with Crippen LogP contribution in [0.2, 0.25) is 0 Å². The molecule has 1 amide bonds. The maximum atomic E-state index is 12.0. The molecule has 1 aromatic heterocycles. The maximum Gasteiger partial charge on any atom is 0.323 e. The summed E-state index contributed by atoms with van der Waals surface area (Å²) in [6.45, 7) is 4.01. The molecule has 0 saturated carbocycles. The van der Waals surface area contributed by atoms with Crippen molar-refractivity contribution in [2.24, 2.45) is 0 Å². The molecule has 5 nitrogen and oxygen atoms in total. The minimum absolute atomic E-state index is 0.176. The minimum atomic E-state index is -0.987. The summed E-state index contributed by atoms with van der Waals surface area (Å²) < 4.78 is 0. The van der Waals surface area contributed by atoms with Crippen molar-refractivity contribution in [1.82, 2.24) is 9.88 Å². The van der Waals surface area contributed by atoms with E-state index in [0.29, 0.717) is 6.54 Å². The molecule has 5 heteroatoms. The number of hydrogen-bond acceptors (Lipinski definition) is 3. The summed E-state index contributed by atoms with van der Waals surface area (Å²) in [4.78, 5) is 28.1. The summed E-state index contributed by atoms with van der Waals surface area (Å²) in [5.41, 5.74) is 1.69. The topological polar surface area (TPSA) is 70.5 Å². The second kappa shape index (κ2) is 6.74. The Morgan fingerprint density at radius 1 is 1.39 bits per heavy atom. The summed E-state index contributed by atoms with van der Waals surface area (Å²) in [6, 6.07) is 3.68. The fourth-order valence-corrected chi connectivity index (χ4v) is 1.61. The van der Waals surface area contributed by atoms with Gasteiger partial charge >= 0.3 is 5.97 Å². The largest absolute Gasteiger partial charge is 0.480 e. The number of aliphatic carboxylic acids is 1. The fraction of sp³-hybridized carbons (Fsp3) is 0.462. The average molecular weight is 250 g/mol. The highest BCUT2D eigenvalue weighted by Gasteiger charge is 2.16. The second-order valence-corrected chi connectivity index (χ2v) is 4.19. The molecule has 0 aliphatic carbocycles. The van der Waals surface area contributed by atoms with Gasteiger partial charge in [-0.25, -0.2) is 0 Å². The highest BCUT2D eigenvalue weighted by Crippen LogP contribution is 2.04. The lowest BCUT2D eigenvalue weighted by Crippen LogP contribution is -2.37. The summed E-state index contributed by atoms with van der Waals surface area (Å²) in [5.74, 6) is -1.16. The molecule has 0 spiro atoms. The van der Waals surface area contributed by atoms with Gasteiger partial charge in [0, 0.05) is 18.4 Å². The van der Waals surface area contributed by atoms with E-state index < -0.39 is 5.97 Å². The number of rotatable bonds is 6. The normalized spacial score (nSPS) is 10.1. The highest BCUT2D eigenvalue weighted by molar-refractivity contribution is 5.82. The molecule has 0 aromatic carbocycles. The number of pyridine rings is 1. The minimum Gasteiger partial charge on any atom is -0.480 e. The van der Waals surface area contributed by atoms with E-state index in [1.54, 1.807) is 6.20 Å². The zero-order valence-electron chi connectivity index (χ0n) is 10.7. The highest BCUT2D eigenvalue weighted by atomic mass is 16.4. The lowest BCUT2D eigenvalue weighted by molar-refractivity contribution is -0.144. The van der Waals surface area contributed by atoms with E-state index in [1.807, 2.05) is 26.0 Å². The lowest BCUT2D eigenvalue weighted by Gasteiger charge is -2.19. The van der Waals surface area contributed by atoms with Gasteiger partial charge < -0.3 is 10.0 Å². The molecule has 1 aromatic rings. The average Bonchev–Trinajstić information content (AvgIpc) is 2.31. The quantitative estimate of drug-likeness (QED) is 0.825. The van der Waals surface area contributed by atoms with Crippen molar-refractivity contribution < 1.29 is 14.7 Å². The van der Waals surface area contributed by atoms with Crippen LogP contribution in [0.3, 0.4) is 0 Å². The number of amides is 1. The summed E-state index contributed by atoms with van der Waals surface area (Å²) in [5, 5.41) is 8.76. The number of carboxylic acid groups (broad SMARTS) is 1. The standard InChI is InChI=1S/C13H18N2O3/c1-3-6-15(9-13(17)18)12(16)7-11-5-4-10(2)14-8-11/h4-5,8H,3,6-7,9H2,1-2H3,(H,17,18). The molecule has 98 valence electrons. The van der Waals surface area contributed by atoms with Gasteiger partial charge in [0.05, 0.1) is 6.42 Å². The van der Waals surface area contributed by atoms with E-state index in [4.69, 9.17) is 5.11 Å². The van der Waals surface area contributed by atoms with Crippen LogP contribution in [0, 0.1) is 6.92 Å². The van der Waals surface area contributed by atoms with E-state index >= 15 is 0 Å². The summed E-state index contributed by atoms with van der Waals surface area (Å²) in [6.07, 6.45) is 2.59. The van der Waals surface area contributed by atoms with Crippen LogP contribution in [-0.4, -0.2) is 40.0 Å². The zero-order valence-corrected chi connectivity index (χ0v) is 10.7. The van der Waals surface area contributed by atoms with Gasteiger partial charge in [-0.2, -0.15) is 0 Å². The molecule has 0 unspecified atom stereocenters. The van der Waals surface area contributed by atoms with Crippen molar-refractivity contribution in [1.29, 1.82) is 0 Å². The Bertz CT molecular complexity index is 415. The van der Waals surface area contributed by atoms with Crippen molar-refractivity contribution in [2.45, 2.75) is 26.7 Å². The van der Waals surface area contributed by atoms with Gasteiger partial charge in [-0.05, 0) is 25.0 Å². The van der Waals surface area contributed by atoms with Gasteiger partial charge in [-0.1, -0.05) is 13.0 Å². The first kappa shape index (κ1) is 14.2. The molecule has 0 saturated heterocycles. The number of nitrogens with zero attached hydrogens (tertiary/aromatic N) is 2. The van der Waals surface area contributed by atoms with Crippen LogP contribution in [0.1, 0.15) is 24.6 Å². The first-order valence-corrected chi connectivity index (χ1v) is 5.94. The van der Waals surface area contributed by atoms with Gasteiger partial charge in [-0.15, -0.1) is 0 Å². The molecule has 0 bridgehead atoms. The molecule has 0 aliphatic heterocycles. The predicted octanol–water partition coefficient (Wildman–Crippen LogP) is 1.26. The molecule has 18 heavy (non-hydrogen) atoms. The Labute approximate surface area is 106 Å². The van der Waals surface area contributed by atoms with Crippen LogP contribution in [0.25, 0.3) is 0 Å². The van der Waals surface area contributed by atoms with Gasteiger partial charge in [0.2, 0.25) is 5.91 Å². The Hall–Kier alpha value is -1.91. The molecule has 1 rings (SSSR count). The van der Waals surface area contributed by atoms with Gasteiger partial charge in [0.25, 0.3) is 0 Å². The fourth-order valence-electron chi connectivity index (χ4n) is 1.61. The zero-order chi connectivity index (χ0) is 13.5. The van der Waals surface area contributed by atoms with E-state index in [0.717, 1.165) is 17.7 Å². The van der Waals surface area contributed by atoms with Crippen LogP contribution >= 0.6 is 0 Å². The smallest absolute Gasteiger partial charge is 0.323 e. The third-order valence-electron chi connectivity index (χ3n) is 2.50. The van der Waals surface area contributed by atoms with E-state index in [2.05, 4.69) is 4.98 Å². The number of hydrogen-bond donors (Lipinski definition) is 1. The molecule has 0 aliphatic rings. The molecular weight excluding hydrogens is 232 g/mol. The number of carboxylic acids is 1. The van der Waals surface area contributed by atoms with Crippen molar-refractivity contribution >= 4 is 11.9 Å². The Balaban J connectivity index is 2.65. The van der Waals surface area contributed by atoms with Crippen LogP contribution in [0.5, 0.6) is 0 Å². The first-order valence-electron chi connectivity index (χ1n) is 5.94. The third kappa shape index (κ3) is 4.53. The maximum absolute atomic E-state index is 12.0. The van der Waals surface area contributed by atoms with E-state index in [1.165, 1.54) is 4.90 Å². The van der Waals surface area contributed by atoms with E-state index in [-0.39, 0.29) is 18.9 Å². The van der Waals surface area contributed by atoms with Crippen molar-refractivity contribution in [3.05, 3.63) is 29.6 Å². The van der Waals surface area contributed by atoms with Gasteiger partial charge in [0.1, 0.15) is 6.54 Å². The van der Waals surface area contributed by atoms with Crippen LogP contribution < -0.4 is 0 Å². The van der Waals surface area contributed by atoms with Gasteiger partial charge in [-0.3, -0.25) is 14.6 Å². The first-order chi connectivity index (χ1) is 8.52. The molecule has 0 radical (unpaired) electrons. The van der Waals surface area contributed by atoms with Crippen LogP contribution in [-0.2, 0) is 16.0 Å².